The average molecular weight is 444 g/mol. The van der Waals surface area contributed by atoms with Crippen molar-refractivity contribution in [3.05, 3.63) is 57.3 Å². The van der Waals surface area contributed by atoms with Crippen molar-refractivity contribution in [1.29, 1.82) is 0 Å². The molecule has 0 radical (unpaired) electrons. The number of halogens is 2. The van der Waals surface area contributed by atoms with E-state index in [0.717, 1.165) is 4.70 Å². The number of carbonyl (C=O) groups excluding carboxylic acids is 1. The molecule has 1 aromatic carbocycles. The lowest BCUT2D eigenvalue weighted by Gasteiger charge is -2.27. The number of benzene rings is 1. The highest BCUT2D eigenvalue weighted by atomic mass is 35.5. The van der Waals surface area contributed by atoms with E-state index < -0.39 is 15.9 Å². The van der Waals surface area contributed by atoms with E-state index in [1.54, 1.807) is 29.2 Å². The SMILES string of the molecule is O=C(c1sc2cccc(Cl)c2c1Cl)N(Cc1ccco1)[C@@H]1CCS(=O)(=O)C1. The maximum absolute atomic E-state index is 13.3. The van der Waals surface area contributed by atoms with Crippen LogP contribution in [0.2, 0.25) is 10.0 Å². The number of carbonyl (C=O) groups is 1. The summed E-state index contributed by atoms with van der Waals surface area (Å²) in [7, 11) is -3.15. The highest BCUT2D eigenvalue weighted by molar-refractivity contribution is 7.91. The molecule has 0 saturated carbocycles. The third kappa shape index (κ3) is 3.61. The molecule has 3 heterocycles. The molecule has 1 amide bonds. The molecular formula is C18H15Cl2NO4S2. The van der Waals surface area contributed by atoms with Crippen LogP contribution in [0, 0.1) is 0 Å². The Labute approximate surface area is 170 Å². The number of hydrogen-bond acceptors (Lipinski definition) is 5. The first-order valence-corrected chi connectivity index (χ1v) is 11.7. The van der Waals surface area contributed by atoms with Gasteiger partial charge in [-0.15, -0.1) is 11.3 Å². The maximum Gasteiger partial charge on any atom is 0.266 e. The van der Waals surface area contributed by atoms with Gasteiger partial charge in [-0.1, -0.05) is 29.3 Å². The maximum atomic E-state index is 13.3. The highest BCUT2D eigenvalue weighted by Crippen LogP contribution is 2.40. The van der Waals surface area contributed by atoms with Crippen molar-refractivity contribution in [2.45, 2.75) is 19.0 Å². The number of hydrogen-bond donors (Lipinski definition) is 0. The van der Waals surface area contributed by atoms with E-state index in [1.807, 2.05) is 6.07 Å². The molecule has 2 aromatic heterocycles. The van der Waals surface area contributed by atoms with Crippen LogP contribution in [0.3, 0.4) is 0 Å². The topological polar surface area (TPSA) is 67.6 Å². The summed E-state index contributed by atoms with van der Waals surface area (Å²) in [6, 6.07) is 8.45. The van der Waals surface area contributed by atoms with Gasteiger partial charge in [-0.2, -0.15) is 0 Å². The average Bonchev–Trinajstić information content (AvgIpc) is 3.32. The Morgan fingerprint density at radius 1 is 1.26 bits per heavy atom. The van der Waals surface area contributed by atoms with Gasteiger partial charge in [0.05, 0.1) is 34.4 Å². The van der Waals surface area contributed by atoms with E-state index in [0.29, 0.717) is 32.5 Å². The lowest BCUT2D eigenvalue weighted by molar-refractivity contribution is 0.0671. The lowest BCUT2D eigenvalue weighted by Crippen LogP contribution is -2.40. The number of sulfone groups is 1. The monoisotopic (exact) mass is 443 g/mol. The Morgan fingerprint density at radius 3 is 2.70 bits per heavy atom. The Balaban J connectivity index is 1.74. The summed E-state index contributed by atoms with van der Waals surface area (Å²) in [5.41, 5.74) is 0. The van der Waals surface area contributed by atoms with Crippen LogP contribution in [0.25, 0.3) is 10.1 Å². The zero-order chi connectivity index (χ0) is 19.2. The van der Waals surface area contributed by atoms with E-state index in [1.165, 1.54) is 17.6 Å². The second-order valence-corrected chi connectivity index (χ2v) is 10.5. The second kappa shape index (κ2) is 7.13. The van der Waals surface area contributed by atoms with Gasteiger partial charge in [0, 0.05) is 16.1 Å². The highest BCUT2D eigenvalue weighted by Gasteiger charge is 2.36. The van der Waals surface area contributed by atoms with Crippen molar-refractivity contribution < 1.29 is 17.6 Å². The third-order valence-electron chi connectivity index (χ3n) is 4.62. The van der Waals surface area contributed by atoms with E-state index in [-0.39, 0.29) is 24.0 Å². The molecule has 0 bridgehead atoms. The molecule has 1 fully saturated rings. The molecule has 1 aliphatic rings. The minimum Gasteiger partial charge on any atom is -0.467 e. The Bertz CT molecular complexity index is 1110. The zero-order valence-electron chi connectivity index (χ0n) is 14.0. The molecule has 4 rings (SSSR count). The van der Waals surface area contributed by atoms with Crippen LogP contribution < -0.4 is 0 Å². The van der Waals surface area contributed by atoms with Gasteiger partial charge in [-0.05, 0) is 30.7 Å². The van der Waals surface area contributed by atoms with Crippen LogP contribution >= 0.6 is 34.5 Å². The smallest absolute Gasteiger partial charge is 0.266 e. The first kappa shape index (κ1) is 18.8. The summed E-state index contributed by atoms with van der Waals surface area (Å²) >= 11 is 14.0. The van der Waals surface area contributed by atoms with Crippen LogP contribution in [-0.4, -0.2) is 36.8 Å². The van der Waals surface area contributed by atoms with Gasteiger partial charge in [-0.3, -0.25) is 4.79 Å². The summed E-state index contributed by atoms with van der Waals surface area (Å²) in [6.07, 6.45) is 1.92. The van der Waals surface area contributed by atoms with Crippen molar-refractivity contribution in [1.82, 2.24) is 4.90 Å². The van der Waals surface area contributed by atoms with Gasteiger partial charge >= 0.3 is 0 Å². The van der Waals surface area contributed by atoms with Gasteiger partial charge in [0.25, 0.3) is 5.91 Å². The Hall–Kier alpha value is -1.54. The van der Waals surface area contributed by atoms with Gasteiger partial charge < -0.3 is 9.32 Å². The van der Waals surface area contributed by atoms with Gasteiger partial charge in [-0.25, -0.2) is 8.42 Å². The van der Waals surface area contributed by atoms with Gasteiger partial charge in [0.15, 0.2) is 9.84 Å². The van der Waals surface area contributed by atoms with Crippen LogP contribution in [0.1, 0.15) is 21.9 Å². The molecule has 27 heavy (non-hydrogen) atoms. The number of thiophene rings is 1. The van der Waals surface area contributed by atoms with E-state index in [9.17, 15) is 13.2 Å². The normalized spacial score (nSPS) is 18.8. The number of nitrogens with zero attached hydrogens (tertiary/aromatic N) is 1. The van der Waals surface area contributed by atoms with E-state index in [4.69, 9.17) is 27.6 Å². The number of fused-ring (bicyclic) bond motifs is 1. The fourth-order valence-corrected chi connectivity index (χ4v) is 6.93. The number of rotatable bonds is 4. The second-order valence-electron chi connectivity index (χ2n) is 6.43. The molecule has 0 unspecified atom stereocenters. The molecule has 3 aromatic rings. The summed E-state index contributed by atoms with van der Waals surface area (Å²) < 4.78 is 30.1. The largest absolute Gasteiger partial charge is 0.467 e. The summed E-state index contributed by atoms with van der Waals surface area (Å²) in [6.45, 7) is 0.185. The van der Waals surface area contributed by atoms with E-state index in [2.05, 4.69) is 0 Å². The fraction of sp³-hybridized carbons (Fsp3) is 0.278. The molecule has 142 valence electrons. The van der Waals surface area contributed by atoms with E-state index >= 15 is 0 Å². The molecule has 1 saturated heterocycles. The summed E-state index contributed by atoms with van der Waals surface area (Å²) in [5, 5.41) is 1.43. The Kier molecular flexibility index (Phi) is 4.96. The summed E-state index contributed by atoms with van der Waals surface area (Å²) in [5.74, 6) is 0.299. The molecule has 9 heteroatoms. The van der Waals surface area contributed by atoms with Crippen LogP contribution in [0.15, 0.2) is 41.0 Å². The zero-order valence-corrected chi connectivity index (χ0v) is 17.2. The molecule has 1 atom stereocenters. The Morgan fingerprint density at radius 2 is 2.07 bits per heavy atom. The number of amides is 1. The fourth-order valence-electron chi connectivity index (χ4n) is 3.30. The van der Waals surface area contributed by atoms with Gasteiger partial charge in [0.1, 0.15) is 10.6 Å². The molecule has 0 N–H and O–H groups in total. The third-order valence-corrected chi connectivity index (χ3v) is 8.32. The predicted molar refractivity (Wildman–Crippen MR) is 107 cm³/mol. The standard InChI is InChI=1S/C18H15Cl2NO4S2/c19-13-4-1-5-14-15(13)16(20)17(26-14)18(22)21(9-12-3-2-7-25-12)11-6-8-27(23,24)10-11/h1-5,7,11H,6,8-10H2/t11-/m1/s1. The van der Waals surface area contributed by atoms with Crippen molar-refractivity contribution in [3.8, 4) is 0 Å². The van der Waals surface area contributed by atoms with Crippen molar-refractivity contribution >= 4 is 60.4 Å². The minimum absolute atomic E-state index is 0.0529. The minimum atomic E-state index is -3.15. The van der Waals surface area contributed by atoms with Crippen molar-refractivity contribution in [2.75, 3.05) is 11.5 Å². The number of furan rings is 1. The van der Waals surface area contributed by atoms with Crippen molar-refractivity contribution in [3.63, 3.8) is 0 Å². The lowest BCUT2D eigenvalue weighted by atomic mass is 10.2. The van der Waals surface area contributed by atoms with Crippen LogP contribution in [-0.2, 0) is 16.4 Å². The first-order valence-electron chi connectivity index (χ1n) is 8.26. The predicted octanol–water partition coefficient (Wildman–Crippen LogP) is 4.63. The van der Waals surface area contributed by atoms with Crippen molar-refractivity contribution in [2.24, 2.45) is 0 Å². The molecular weight excluding hydrogens is 429 g/mol. The molecule has 0 aliphatic carbocycles. The van der Waals surface area contributed by atoms with Crippen LogP contribution in [0.5, 0.6) is 0 Å². The molecule has 1 aliphatic heterocycles. The quantitative estimate of drug-likeness (QED) is 0.589. The molecule has 0 spiro atoms. The first-order chi connectivity index (χ1) is 12.9. The van der Waals surface area contributed by atoms with Gasteiger partial charge in [0.2, 0.25) is 0 Å². The van der Waals surface area contributed by atoms with Crippen LogP contribution in [0.4, 0.5) is 0 Å². The molecule has 5 nitrogen and oxygen atoms in total. The summed E-state index contributed by atoms with van der Waals surface area (Å²) in [4.78, 5) is 15.2.